The van der Waals surface area contributed by atoms with Crippen LogP contribution >= 0.6 is 0 Å². The number of hydrogen-bond donors (Lipinski definition) is 0. The van der Waals surface area contributed by atoms with Crippen LogP contribution in [-0.4, -0.2) is 43.0 Å². The molecule has 1 aliphatic heterocycles. The Kier molecular flexibility index (Phi) is 12.8. The average Bonchev–Trinajstić information content (AvgIpc) is 2.95. The van der Waals surface area contributed by atoms with E-state index in [-0.39, 0.29) is 0 Å². The summed E-state index contributed by atoms with van der Waals surface area (Å²) in [6.45, 7) is 4.34. The third kappa shape index (κ3) is 9.84. The van der Waals surface area contributed by atoms with Gasteiger partial charge in [-0.25, -0.2) is 29.9 Å². The maximum atomic E-state index is 5.19. The van der Waals surface area contributed by atoms with E-state index in [9.17, 15) is 0 Å². The van der Waals surface area contributed by atoms with Crippen molar-refractivity contribution in [1.29, 1.82) is 0 Å². The van der Waals surface area contributed by atoms with E-state index in [1.165, 1.54) is 44.3 Å². The maximum Gasteiger partial charge on any atom is 0.164 e. The third-order valence-electron chi connectivity index (χ3n) is 16.0. The van der Waals surface area contributed by atoms with Crippen molar-refractivity contribution in [3.63, 3.8) is 0 Å². The molecule has 0 radical (unpaired) electrons. The van der Waals surface area contributed by atoms with Gasteiger partial charge in [-0.3, -0.25) is 0 Å². The van der Waals surface area contributed by atoms with Crippen LogP contribution in [0.3, 0.4) is 0 Å². The van der Waals surface area contributed by atoms with E-state index in [1.807, 2.05) is 78.9 Å². The van der Waals surface area contributed by atoms with Crippen LogP contribution in [0.4, 0.5) is 5.69 Å². The molecule has 1 fully saturated rings. The molecule has 7 heteroatoms. The van der Waals surface area contributed by atoms with Gasteiger partial charge >= 0.3 is 0 Å². The number of fused-ring (bicyclic) bond motifs is 2. The molecule has 12 aromatic carbocycles. The molecule has 84 heavy (non-hydrogen) atoms. The lowest BCUT2D eigenvalue weighted by Crippen LogP contribution is -2.00. The zero-order valence-electron chi connectivity index (χ0n) is 46.1. The minimum absolute atomic E-state index is 0.608. The van der Waals surface area contributed by atoms with E-state index >= 15 is 0 Å². The largest absolute Gasteiger partial charge is 0.368 e. The van der Waals surface area contributed by atoms with E-state index in [4.69, 9.17) is 29.9 Å². The summed E-state index contributed by atoms with van der Waals surface area (Å²) < 4.78 is 0. The molecule has 3 heterocycles. The summed E-state index contributed by atoms with van der Waals surface area (Å²) in [6.07, 6.45) is 0. The van der Waals surface area contributed by atoms with E-state index in [2.05, 4.69) is 212 Å². The van der Waals surface area contributed by atoms with Crippen molar-refractivity contribution in [3.05, 3.63) is 285 Å². The van der Waals surface area contributed by atoms with Gasteiger partial charge < -0.3 is 4.90 Å². The van der Waals surface area contributed by atoms with Crippen molar-refractivity contribution >= 4 is 27.2 Å². The third-order valence-corrected chi connectivity index (χ3v) is 16.0. The van der Waals surface area contributed by atoms with E-state index < -0.39 is 0 Å². The predicted molar refractivity (Wildman–Crippen MR) is 345 cm³/mol. The van der Waals surface area contributed by atoms with Crippen LogP contribution in [0.2, 0.25) is 0 Å². The van der Waals surface area contributed by atoms with Crippen LogP contribution in [-0.2, 0) is 0 Å². The molecule has 15 rings (SSSR count). The number of rotatable bonds is 12. The Morgan fingerprint density at radius 3 is 1.08 bits per heavy atom. The molecule has 0 bridgehead atoms. The first-order valence-electron chi connectivity index (χ1n) is 28.5. The number of anilines is 1. The van der Waals surface area contributed by atoms with Crippen LogP contribution in [0.25, 0.3) is 146 Å². The van der Waals surface area contributed by atoms with E-state index in [0.29, 0.717) is 34.9 Å². The van der Waals surface area contributed by atoms with Gasteiger partial charge in [0.25, 0.3) is 0 Å². The molecule has 7 nitrogen and oxygen atoms in total. The highest BCUT2D eigenvalue weighted by atomic mass is 15.3. The monoisotopic (exact) mass is 1080 g/mol. The molecule has 0 N–H and O–H groups in total. The fourth-order valence-corrected chi connectivity index (χ4v) is 11.5. The molecule has 0 atom stereocenters. The quantitative estimate of drug-likeness (QED) is 0.113. The van der Waals surface area contributed by atoms with Gasteiger partial charge in [-0.2, -0.15) is 0 Å². The Morgan fingerprint density at radius 1 is 0.250 bits per heavy atom. The van der Waals surface area contributed by atoms with E-state index in [0.717, 1.165) is 90.6 Å². The van der Waals surface area contributed by atoms with Crippen LogP contribution in [0.15, 0.2) is 279 Å². The fraction of sp³-hybridized carbons (Fsp3) is 0.0390. The number of benzene rings is 12. The summed E-state index contributed by atoms with van der Waals surface area (Å²) in [5, 5.41) is 4.78. The predicted octanol–water partition coefficient (Wildman–Crippen LogP) is 18.8. The van der Waals surface area contributed by atoms with Crippen LogP contribution in [0, 0.1) is 6.92 Å². The van der Waals surface area contributed by atoms with Gasteiger partial charge in [0.1, 0.15) is 0 Å². The summed E-state index contributed by atoms with van der Waals surface area (Å²) in [7, 11) is 0. The zero-order chi connectivity index (χ0) is 55.9. The first-order chi connectivity index (χ1) is 41.5. The van der Waals surface area contributed by atoms with Crippen molar-refractivity contribution in [2.75, 3.05) is 18.0 Å². The Morgan fingerprint density at radius 2 is 0.607 bits per heavy atom. The molecule has 2 aromatic heterocycles. The maximum absolute atomic E-state index is 5.19. The molecule has 0 spiro atoms. The van der Waals surface area contributed by atoms with Crippen LogP contribution in [0.1, 0.15) is 5.56 Å². The van der Waals surface area contributed by atoms with Gasteiger partial charge in [0.05, 0.1) is 0 Å². The second-order valence-corrected chi connectivity index (χ2v) is 21.5. The SMILES string of the molecule is Cc1ccc(-c2c(-c3ccc(-c4nc(-c5ccccc5)nc(-c5ccccc5)n4)cc3)ccc3ccc(-c4ccc(-c5nc(-c6ccccc6)nc(-c6ccc(-c7ccc8ccccc8c7-c7cccc(N8CC8)c7)cc6)n5)cc4)cc23)cc1. The Balaban J connectivity index is 0.770. The average molecular weight is 1080 g/mol. The molecule has 1 aliphatic rings. The van der Waals surface area contributed by atoms with Crippen LogP contribution in [0.5, 0.6) is 0 Å². The van der Waals surface area contributed by atoms with Crippen molar-refractivity contribution in [2.24, 2.45) is 0 Å². The Hall–Kier alpha value is -11.0. The zero-order valence-corrected chi connectivity index (χ0v) is 46.1. The van der Waals surface area contributed by atoms with Gasteiger partial charge in [0.15, 0.2) is 34.9 Å². The fourth-order valence-electron chi connectivity index (χ4n) is 11.5. The summed E-state index contributed by atoms with van der Waals surface area (Å²) in [5.41, 5.74) is 19.5. The molecular weight excluding hydrogens is 1020 g/mol. The van der Waals surface area contributed by atoms with Gasteiger partial charge in [0, 0.05) is 52.2 Å². The van der Waals surface area contributed by atoms with Crippen molar-refractivity contribution in [3.8, 4) is 124 Å². The molecule has 396 valence electrons. The summed E-state index contributed by atoms with van der Waals surface area (Å²) >= 11 is 0. The van der Waals surface area contributed by atoms with Crippen molar-refractivity contribution in [1.82, 2.24) is 29.9 Å². The summed E-state index contributed by atoms with van der Waals surface area (Å²) in [6, 6.07) is 98.6. The lowest BCUT2D eigenvalue weighted by atomic mass is 9.88. The molecule has 0 saturated carbocycles. The van der Waals surface area contributed by atoms with Crippen molar-refractivity contribution < 1.29 is 0 Å². The molecule has 0 amide bonds. The second kappa shape index (κ2) is 21.5. The standard InChI is InChI=1S/C77H53N7/c1-50-24-26-56(27-25-50)70-67(53-30-37-61(38-31-53)76-79-72(57-15-5-2-6-16-57)78-73(80-76)58-17-7-3-8-18-58)45-43-55-34-41-63(49-69(55)70)51-28-35-60(36-29-51)75-81-74(59-19-9-4-10-20-59)82-77(83-75)62-39-32-54(33-40-62)68-44-42-52-14-11-12-23-66(52)71(68)64-21-13-22-65(48-64)84-46-47-84/h2-45,48-49H,46-47H2,1H3. The highest BCUT2D eigenvalue weighted by molar-refractivity contribution is 6.07. The van der Waals surface area contributed by atoms with Crippen LogP contribution < -0.4 is 4.90 Å². The summed E-state index contributed by atoms with van der Waals surface area (Å²) in [5.74, 6) is 3.74. The summed E-state index contributed by atoms with van der Waals surface area (Å²) in [4.78, 5) is 32.8. The van der Waals surface area contributed by atoms with Gasteiger partial charge in [-0.15, -0.1) is 0 Å². The number of aromatic nitrogens is 6. The minimum atomic E-state index is 0.608. The Labute approximate surface area is 488 Å². The normalized spacial score (nSPS) is 12.0. The topological polar surface area (TPSA) is 80.4 Å². The first-order valence-corrected chi connectivity index (χ1v) is 28.5. The highest BCUT2D eigenvalue weighted by Crippen LogP contribution is 2.43. The van der Waals surface area contributed by atoms with Gasteiger partial charge in [-0.05, 0) is 102 Å². The lowest BCUT2D eigenvalue weighted by Gasteiger charge is -2.16. The molecule has 1 saturated heterocycles. The molecule has 14 aromatic rings. The lowest BCUT2D eigenvalue weighted by molar-refractivity contribution is 1.07. The molecule has 0 aliphatic carbocycles. The van der Waals surface area contributed by atoms with E-state index in [1.54, 1.807) is 0 Å². The second-order valence-electron chi connectivity index (χ2n) is 21.5. The smallest absolute Gasteiger partial charge is 0.164 e. The number of aryl methyl sites for hydroxylation is 1. The Bertz CT molecular complexity index is 4680. The first kappa shape index (κ1) is 50.0. The number of hydrogen-bond acceptors (Lipinski definition) is 7. The molecule has 0 unspecified atom stereocenters. The minimum Gasteiger partial charge on any atom is -0.368 e. The van der Waals surface area contributed by atoms with Crippen molar-refractivity contribution in [2.45, 2.75) is 6.92 Å². The van der Waals surface area contributed by atoms with Gasteiger partial charge in [-0.1, -0.05) is 266 Å². The highest BCUT2D eigenvalue weighted by Gasteiger charge is 2.21. The molecular formula is C77H53N7. The van der Waals surface area contributed by atoms with Gasteiger partial charge in [0.2, 0.25) is 0 Å². The number of nitrogens with zero attached hydrogens (tertiary/aromatic N) is 7.